The third kappa shape index (κ3) is 4.51. The zero-order chi connectivity index (χ0) is 24.7. The topological polar surface area (TPSA) is 94.6 Å². The number of aryl methyl sites for hydroxylation is 1. The Bertz CT molecular complexity index is 1330. The fraction of sp³-hybridized carbons (Fsp3) is 0.577. The third-order valence-electron chi connectivity index (χ3n) is 7.63. The predicted octanol–water partition coefficient (Wildman–Crippen LogP) is 5.32. The van der Waals surface area contributed by atoms with Crippen LogP contribution in [0.4, 0.5) is 0 Å². The molecule has 0 N–H and O–H groups in total. The number of carbonyl (C=O) groups is 1. The lowest BCUT2D eigenvalue weighted by molar-refractivity contribution is -0.126. The first-order valence-electron chi connectivity index (χ1n) is 12.3. The van der Waals surface area contributed by atoms with Crippen molar-refractivity contribution in [1.82, 2.24) is 0 Å². The first-order valence-corrected chi connectivity index (χ1v) is 15.5. The van der Waals surface area contributed by atoms with Gasteiger partial charge in [-0.25, -0.2) is 8.42 Å². The molecule has 2 aromatic rings. The van der Waals surface area contributed by atoms with E-state index >= 15 is 0 Å². The van der Waals surface area contributed by atoms with Gasteiger partial charge in [0.2, 0.25) is 0 Å². The molecule has 0 aliphatic heterocycles. The van der Waals surface area contributed by atoms with Crippen molar-refractivity contribution in [1.29, 1.82) is 0 Å². The molecule has 2 aromatic carbocycles. The molecule has 4 rings (SSSR count). The first kappa shape index (κ1) is 25.2. The summed E-state index contributed by atoms with van der Waals surface area (Å²) in [5.74, 6) is 0.112. The van der Waals surface area contributed by atoms with Crippen molar-refractivity contribution in [3.05, 3.63) is 35.4 Å². The quantitative estimate of drug-likeness (QED) is 0.427. The molecule has 0 aromatic heterocycles. The highest BCUT2D eigenvalue weighted by Gasteiger charge is 2.49. The van der Waals surface area contributed by atoms with Crippen LogP contribution >= 0.6 is 0 Å². The minimum absolute atomic E-state index is 0.0576. The summed E-state index contributed by atoms with van der Waals surface area (Å²) in [6, 6.07) is 7.10. The first-order chi connectivity index (χ1) is 16.0. The average molecular weight is 507 g/mol. The van der Waals surface area contributed by atoms with Crippen molar-refractivity contribution in [2.75, 3.05) is 11.5 Å². The fourth-order valence-electron chi connectivity index (χ4n) is 5.54. The Hall–Kier alpha value is -1.93. The maximum Gasteiger partial charge on any atom is 0.309 e. The number of carbonyl (C=O) groups excluding carboxylic acids is 1. The van der Waals surface area contributed by atoms with E-state index in [4.69, 9.17) is 4.18 Å². The van der Waals surface area contributed by atoms with E-state index in [1.165, 1.54) is 0 Å². The summed E-state index contributed by atoms with van der Waals surface area (Å²) in [6.45, 7) is 5.86. The van der Waals surface area contributed by atoms with Crippen molar-refractivity contribution in [2.45, 2.75) is 83.0 Å². The summed E-state index contributed by atoms with van der Waals surface area (Å²) in [4.78, 5) is 12.5. The van der Waals surface area contributed by atoms with Crippen LogP contribution in [0.2, 0.25) is 0 Å². The van der Waals surface area contributed by atoms with E-state index in [1.54, 1.807) is 12.1 Å². The number of sulfone groups is 1. The van der Waals surface area contributed by atoms with Crippen molar-refractivity contribution in [3.63, 3.8) is 0 Å². The van der Waals surface area contributed by atoms with Crippen molar-refractivity contribution >= 4 is 36.5 Å². The molecule has 0 saturated heterocycles. The normalized spacial score (nSPS) is 22.6. The van der Waals surface area contributed by atoms with E-state index < -0.39 is 20.0 Å². The van der Waals surface area contributed by atoms with Crippen LogP contribution in [0, 0.1) is 5.41 Å². The van der Waals surface area contributed by atoms with Crippen molar-refractivity contribution in [2.24, 2.45) is 5.41 Å². The molecular weight excluding hydrogens is 472 g/mol. The molecule has 2 aliphatic rings. The SMILES string of the molecule is CCCCS(=O)(=O)Oc1cc2ccc3c(c2cc1S(=O)(=O)CCCC)CC[C@]1(C)C(=O)CC[C@@H]31. The summed E-state index contributed by atoms with van der Waals surface area (Å²) in [7, 11) is -7.66. The molecule has 6 nitrogen and oxygen atoms in total. The molecule has 0 spiro atoms. The molecule has 1 fully saturated rings. The van der Waals surface area contributed by atoms with Gasteiger partial charge in [0.05, 0.1) is 11.5 Å². The Balaban J connectivity index is 1.87. The van der Waals surface area contributed by atoms with E-state index in [9.17, 15) is 21.6 Å². The second kappa shape index (κ2) is 9.26. The van der Waals surface area contributed by atoms with E-state index in [1.807, 2.05) is 26.0 Å². The van der Waals surface area contributed by atoms with E-state index in [0.717, 1.165) is 34.7 Å². The zero-order valence-electron chi connectivity index (χ0n) is 20.2. The van der Waals surface area contributed by atoms with Gasteiger partial charge in [0.25, 0.3) is 0 Å². The molecule has 1 saturated carbocycles. The monoisotopic (exact) mass is 506 g/mol. The van der Waals surface area contributed by atoms with E-state index in [2.05, 4.69) is 6.92 Å². The van der Waals surface area contributed by atoms with E-state index in [0.29, 0.717) is 44.3 Å². The van der Waals surface area contributed by atoms with Crippen LogP contribution in [0.5, 0.6) is 5.75 Å². The number of rotatable bonds is 9. The van der Waals surface area contributed by atoms with Gasteiger partial charge in [-0.3, -0.25) is 4.79 Å². The lowest BCUT2D eigenvalue weighted by Crippen LogP contribution is -2.32. The van der Waals surface area contributed by atoms with Crippen LogP contribution in [0.25, 0.3) is 10.8 Å². The van der Waals surface area contributed by atoms with Crippen LogP contribution in [0.1, 0.15) is 82.8 Å². The minimum atomic E-state index is -3.91. The maximum absolute atomic E-state index is 13.3. The molecule has 0 unspecified atom stereocenters. The smallest absolute Gasteiger partial charge is 0.309 e. The van der Waals surface area contributed by atoms with Crippen molar-refractivity contribution in [3.8, 4) is 5.75 Å². The maximum atomic E-state index is 13.3. The number of hydrogen-bond donors (Lipinski definition) is 0. The Kier molecular flexibility index (Phi) is 6.86. The highest BCUT2D eigenvalue weighted by Crippen LogP contribution is 2.54. The van der Waals surface area contributed by atoms with Gasteiger partial charge in [0, 0.05) is 11.8 Å². The summed E-state index contributed by atoms with van der Waals surface area (Å²) >= 11 is 0. The molecule has 0 heterocycles. The van der Waals surface area contributed by atoms with Gasteiger partial charge in [0.15, 0.2) is 15.6 Å². The Labute approximate surface area is 203 Å². The molecule has 2 atom stereocenters. The van der Waals surface area contributed by atoms with Gasteiger partial charge in [-0.05, 0) is 72.1 Å². The third-order valence-corrected chi connectivity index (χ3v) is 10.7. The van der Waals surface area contributed by atoms with Crippen molar-refractivity contribution < 1.29 is 25.8 Å². The Morgan fingerprint density at radius 3 is 2.41 bits per heavy atom. The van der Waals surface area contributed by atoms with Crippen LogP contribution in [-0.4, -0.2) is 34.1 Å². The van der Waals surface area contributed by atoms with Gasteiger partial charge in [-0.1, -0.05) is 45.7 Å². The zero-order valence-corrected chi connectivity index (χ0v) is 21.9. The average Bonchev–Trinajstić information content (AvgIpc) is 3.10. The van der Waals surface area contributed by atoms with Gasteiger partial charge >= 0.3 is 10.1 Å². The van der Waals surface area contributed by atoms with Gasteiger partial charge in [0.1, 0.15) is 10.7 Å². The van der Waals surface area contributed by atoms with Gasteiger partial charge in [-0.15, -0.1) is 0 Å². The van der Waals surface area contributed by atoms with Crippen LogP contribution in [0.15, 0.2) is 29.2 Å². The molecular formula is C26H34O6S2. The summed E-state index contributed by atoms with van der Waals surface area (Å²) in [5, 5.41) is 1.56. The summed E-state index contributed by atoms with van der Waals surface area (Å²) in [6.07, 6.45) is 5.15. The van der Waals surface area contributed by atoms with Crippen LogP contribution in [-0.2, 0) is 31.2 Å². The predicted molar refractivity (Wildman–Crippen MR) is 134 cm³/mol. The Morgan fingerprint density at radius 2 is 1.71 bits per heavy atom. The highest BCUT2D eigenvalue weighted by atomic mass is 32.2. The minimum Gasteiger partial charge on any atom is -0.381 e. The molecule has 34 heavy (non-hydrogen) atoms. The number of benzene rings is 2. The molecule has 0 bridgehead atoms. The molecule has 186 valence electrons. The molecule has 0 amide bonds. The summed E-state index contributed by atoms with van der Waals surface area (Å²) in [5.41, 5.74) is 1.84. The largest absolute Gasteiger partial charge is 0.381 e. The lowest BCUT2D eigenvalue weighted by atomic mass is 9.66. The standard InChI is InChI=1S/C26H34O6S2/c1-4-6-14-33(28,29)24-17-21-18(16-23(24)32-34(30,31)15-7-5-2)8-9-20-19(21)12-13-26(3)22(20)10-11-25(26)27/h8-9,16-17,22H,4-7,10-15H2,1-3H3/t22-,26-/m0/s1. The number of ketones is 1. The number of hydrogen-bond acceptors (Lipinski definition) is 6. The van der Waals surface area contributed by atoms with Crippen LogP contribution < -0.4 is 4.18 Å². The number of unbranched alkanes of at least 4 members (excludes halogenated alkanes) is 2. The molecule has 0 radical (unpaired) electrons. The molecule has 2 aliphatic carbocycles. The number of Topliss-reactive ketones (excluding diaryl/α,β-unsaturated/α-hetero) is 1. The van der Waals surface area contributed by atoms with E-state index in [-0.39, 0.29) is 33.5 Å². The van der Waals surface area contributed by atoms with Gasteiger partial charge < -0.3 is 4.18 Å². The van der Waals surface area contributed by atoms with Crippen LogP contribution in [0.3, 0.4) is 0 Å². The number of fused-ring (bicyclic) bond motifs is 5. The molecule has 8 heteroatoms. The second-order valence-electron chi connectivity index (χ2n) is 9.96. The Morgan fingerprint density at radius 1 is 1.00 bits per heavy atom. The second-order valence-corrected chi connectivity index (χ2v) is 13.7. The fourth-order valence-corrected chi connectivity index (χ4v) is 8.32. The lowest BCUT2D eigenvalue weighted by Gasteiger charge is -2.37. The highest BCUT2D eigenvalue weighted by molar-refractivity contribution is 7.91. The summed E-state index contributed by atoms with van der Waals surface area (Å²) < 4.78 is 57.1. The van der Waals surface area contributed by atoms with Gasteiger partial charge in [-0.2, -0.15) is 8.42 Å².